The van der Waals surface area contributed by atoms with Crippen LogP contribution in [0.2, 0.25) is 0 Å². The highest BCUT2D eigenvalue weighted by molar-refractivity contribution is 6.07. The van der Waals surface area contributed by atoms with Gasteiger partial charge in [0.15, 0.2) is 5.78 Å². The quantitative estimate of drug-likeness (QED) is 0.309. The molecule has 0 unspecified atom stereocenters. The molecular formula is C30H36N2O3. The second kappa shape index (κ2) is 11.8. The maximum absolute atomic E-state index is 13.0. The number of benzene rings is 3. The number of hydrogen-bond donors (Lipinski definition) is 1. The highest BCUT2D eigenvalue weighted by Gasteiger charge is 2.10. The van der Waals surface area contributed by atoms with Crippen LogP contribution in [0.4, 0.5) is 0 Å². The van der Waals surface area contributed by atoms with Gasteiger partial charge in [0.25, 0.3) is 0 Å². The van der Waals surface area contributed by atoms with Crippen LogP contribution in [0.3, 0.4) is 0 Å². The van der Waals surface area contributed by atoms with Gasteiger partial charge in [-0.25, -0.2) is 0 Å². The fourth-order valence-corrected chi connectivity index (χ4v) is 3.94. The third kappa shape index (κ3) is 7.54. The minimum Gasteiger partial charge on any atom is -0.508 e. The van der Waals surface area contributed by atoms with Crippen molar-refractivity contribution in [3.8, 4) is 22.6 Å². The van der Waals surface area contributed by atoms with Crippen molar-refractivity contribution >= 4 is 11.9 Å². The molecule has 0 atom stereocenters. The monoisotopic (exact) mass is 472 g/mol. The lowest BCUT2D eigenvalue weighted by Gasteiger charge is -2.14. The lowest BCUT2D eigenvalue weighted by molar-refractivity contribution is 0.104. The lowest BCUT2D eigenvalue weighted by Crippen LogP contribution is -2.19. The van der Waals surface area contributed by atoms with E-state index in [4.69, 9.17) is 4.74 Å². The highest BCUT2D eigenvalue weighted by Crippen LogP contribution is 2.29. The number of rotatable bonds is 10. The Balaban J connectivity index is 1.93. The first-order valence-corrected chi connectivity index (χ1v) is 11.8. The molecule has 0 radical (unpaired) electrons. The molecule has 5 nitrogen and oxygen atoms in total. The van der Waals surface area contributed by atoms with E-state index in [1.165, 1.54) is 11.1 Å². The summed E-state index contributed by atoms with van der Waals surface area (Å²) in [4.78, 5) is 17.0. The molecule has 3 rings (SSSR count). The van der Waals surface area contributed by atoms with Crippen LogP contribution in [0.5, 0.6) is 11.5 Å². The molecule has 0 saturated heterocycles. The largest absolute Gasteiger partial charge is 0.508 e. The van der Waals surface area contributed by atoms with Crippen molar-refractivity contribution in [3.63, 3.8) is 0 Å². The Kier molecular flexibility index (Phi) is 8.85. The Morgan fingerprint density at radius 1 is 0.886 bits per heavy atom. The number of ketones is 1. The van der Waals surface area contributed by atoms with Crippen molar-refractivity contribution in [1.29, 1.82) is 0 Å². The van der Waals surface area contributed by atoms with Gasteiger partial charge in [0.05, 0.1) is 0 Å². The highest BCUT2D eigenvalue weighted by atomic mass is 16.5. The summed E-state index contributed by atoms with van der Waals surface area (Å²) in [5.41, 5.74) is 6.73. The van der Waals surface area contributed by atoms with E-state index in [9.17, 15) is 9.90 Å². The van der Waals surface area contributed by atoms with Gasteiger partial charge in [-0.3, -0.25) is 4.79 Å². The van der Waals surface area contributed by atoms with Crippen molar-refractivity contribution in [3.05, 3.63) is 88.5 Å². The van der Waals surface area contributed by atoms with E-state index in [0.29, 0.717) is 18.7 Å². The third-order valence-electron chi connectivity index (χ3n) is 5.63. The first kappa shape index (κ1) is 26.2. The molecule has 0 aromatic heterocycles. The maximum Gasteiger partial charge on any atom is 0.185 e. The molecule has 3 aromatic rings. The van der Waals surface area contributed by atoms with Crippen molar-refractivity contribution < 1.29 is 14.6 Å². The Labute approximate surface area is 209 Å². The van der Waals surface area contributed by atoms with Gasteiger partial charge in [-0.15, -0.1) is 0 Å². The third-order valence-corrected chi connectivity index (χ3v) is 5.63. The molecule has 0 aliphatic heterocycles. The van der Waals surface area contributed by atoms with Crippen LogP contribution >= 0.6 is 0 Å². The zero-order valence-electron chi connectivity index (χ0n) is 21.6. The number of aromatic hydroxyl groups is 1. The molecule has 0 saturated carbocycles. The first-order valence-electron chi connectivity index (χ1n) is 11.8. The van der Waals surface area contributed by atoms with Crippen molar-refractivity contribution in [2.45, 2.75) is 20.4 Å². The predicted molar refractivity (Wildman–Crippen MR) is 144 cm³/mol. The molecule has 5 heteroatoms. The van der Waals surface area contributed by atoms with E-state index in [2.05, 4.69) is 49.1 Å². The molecule has 184 valence electrons. The fourth-order valence-electron chi connectivity index (χ4n) is 3.94. The number of aryl methyl sites for hydroxylation is 2. The molecule has 35 heavy (non-hydrogen) atoms. The summed E-state index contributed by atoms with van der Waals surface area (Å²) >= 11 is 0. The molecule has 0 heterocycles. The number of hydrogen-bond acceptors (Lipinski definition) is 5. The molecule has 0 spiro atoms. The van der Waals surface area contributed by atoms with E-state index in [-0.39, 0.29) is 11.5 Å². The van der Waals surface area contributed by atoms with E-state index in [0.717, 1.165) is 34.5 Å². The number of likely N-dealkylation sites (N-methyl/N-ethyl adjacent to an activating group) is 1. The first-order chi connectivity index (χ1) is 16.6. The van der Waals surface area contributed by atoms with Gasteiger partial charge in [-0.1, -0.05) is 35.4 Å². The van der Waals surface area contributed by atoms with Crippen LogP contribution in [-0.2, 0) is 6.54 Å². The second-order valence-corrected chi connectivity index (χ2v) is 9.56. The molecule has 0 fully saturated rings. The number of nitrogens with zero attached hydrogens (tertiary/aromatic N) is 2. The minimum absolute atomic E-state index is 0.124. The van der Waals surface area contributed by atoms with Gasteiger partial charge in [0, 0.05) is 29.8 Å². The normalized spacial score (nSPS) is 11.5. The Bertz CT molecular complexity index is 1190. The predicted octanol–water partition coefficient (Wildman–Crippen LogP) is 5.57. The number of ether oxygens (including phenoxy) is 1. The lowest BCUT2D eigenvalue weighted by atomic mass is 9.98. The Hall–Kier alpha value is -3.41. The summed E-state index contributed by atoms with van der Waals surface area (Å²) in [5.74, 6) is 0.807. The second-order valence-electron chi connectivity index (χ2n) is 9.56. The zero-order chi connectivity index (χ0) is 25.5. The van der Waals surface area contributed by atoms with Gasteiger partial charge >= 0.3 is 0 Å². The minimum atomic E-state index is -0.124. The smallest absolute Gasteiger partial charge is 0.185 e. The number of phenolic OH excluding ortho intramolecular Hbond substituents is 1. The number of carbonyl (C=O) groups excluding carboxylic acids is 1. The van der Waals surface area contributed by atoms with Gasteiger partial charge in [-0.05, 0) is 95.6 Å². The van der Waals surface area contributed by atoms with E-state index < -0.39 is 0 Å². The molecule has 3 aromatic carbocycles. The van der Waals surface area contributed by atoms with Gasteiger partial charge < -0.3 is 19.6 Å². The number of allylic oxidation sites excluding steroid dienone is 1. The summed E-state index contributed by atoms with van der Waals surface area (Å²) in [6, 6.07) is 17.6. The standard InChI is InChI=1S/C30H36N2O3/c1-21-15-22(2)17-26(16-21)23-9-12-30(35-14-13-31(3)4)25(18-23)8-11-28(33)24-7-10-29(34)27(19-24)20-32(5)6/h7-12,15-19,34H,13-14,20H2,1-6H3. The van der Waals surface area contributed by atoms with Crippen LogP contribution < -0.4 is 4.74 Å². The summed E-state index contributed by atoms with van der Waals surface area (Å²) < 4.78 is 6.06. The average molecular weight is 473 g/mol. The van der Waals surface area contributed by atoms with Crippen molar-refractivity contribution in [2.75, 3.05) is 41.3 Å². The van der Waals surface area contributed by atoms with Gasteiger partial charge in [-0.2, -0.15) is 0 Å². The van der Waals surface area contributed by atoms with E-state index >= 15 is 0 Å². The Morgan fingerprint density at radius 2 is 1.60 bits per heavy atom. The molecule has 1 N–H and O–H groups in total. The zero-order valence-corrected chi connectivity index (χ0v) is 21.6. The van der Waals surface area contributed by atoms with Gasteiger partial charge in [0.1, 0.15) is 18.1 Å². The van der Waals surface area contributed by atoms with E-state index in [1.807, 2.05) is 45.2 Å². The summed E-state index contributed by atoms with van der Waals surface area (Å²) in [6.45, 7) is 6.09. The van der Waals surface area contributed by atoms with Crippen LogP contribution in [-0.4, -0.2) is 62.0 Å². The summed E-state index contributed by atoms with van der Waals surface area (Å²) in [6.07, 6.45) is 3.39. The summed E-state index contributed by atoms with van der Waals surface area (Å²) in [7, 11) is 7.87. The Morgan fingerprint density at radius 3 is 2.26 bits per heavy atom. The molecule has 0 bridgehead atoms. The summed E-state index contributed by atoms with van der Waals surface area (Å²) in [5, 5.41) is 10.1. The van der Waals surface area contributed by atoms with Crippen LogP contribution in [0.15, 0.2) is 60.7 Å². The van der Waals surface area contributed by atoms with Crippen LogP contribution in [0.1, 0.15) is 32.6 Å². The number of carbonyl (C=O) groups is 1. The molecule has 0 aliphatic rings. The molecule has 0 aliphatic carbocycles. The molecular weight excluding hydrogens is 436 g/mol. The molecule has 0 amide bonds. The topological polar surface area (TPSA) is 53.0 Å². The number of phenols is 1. The van der Waals surface area contributed by atoms with Crippen LogP contribution in [0, 0.1) is 13.8 Å². The van der Waals surface area contributed by atoms with Crippen LogP contribution in [0.25, 0.3) is 17.2 Å². The fraction of sp³-hybridized carbons (Fsp3) is 0.300. The van der Waals surface area contributed by atoms with Crippen molar-refractivity contribution in [1.82, 2.24) is 9.80 Å². The van der Waals surface area contributed by atoms with Gasteiger partial charge in [0.2, 0.25) is 0 Å². The SMILES string of the molecule is Cc1cc(C)cc(-c2ccc(OCCN(C)C)c(C=CC(=O)c3ccc(O)c(CN(C)C)c3)c2)c1. The maximum atomic E-state index is 13.0. The van der Waals surface area contributed by atoms with Crippen molar-refractivity contribution in [2.24, 2.45) is 0 Å². The van der Waals surface area contributed by atoms with E-state index in [1.54, 1.807) is 24.3 Å². The average Bonchev–Trinajstić information content (AvgIpc) is 2.78.